The fourth-order valence-electron chi connectivity index (χ4n) is 1.58. The van der Waals surface area contributed by atoms with Crippen molar-refractivity contribution < 1.29 is 9.84 Å². The Morgan fingerprint density at radius 1 is 1.29 bits per heavy atom. The Morgan fingerprint density at radius 2 is 2.06 bits per heavy atom. The van der Waals surface area contributed by atoms with Crippen molar-refractivity contribution in [1.29, 1.82) is 0 Å². The number of thiophene rings is 1. The average molecular weight is 249 g/mol. The van der Waals surface area contributed by atoms with E-state index in [4.69, 9.17) is 4.74 Å². The minimum Gasteiger partial charge on any atom is -0.497 e. The molecule has 90 valence electrons. The van der Waals surface area contributed by atoms with E-state index in [2.05, 4.69) is 5.32 Å². The molecule has 17 heavy (non-hydrogen) atoms. The maximum atomic E-state index is 9.38. The molecule has 0 bridgehead atoms. The van der Waals surface area contributed by atoms with Gasteiger partial charge in [-0.2, -0.15) is 0 Å². The summed E-state index contributed by atoms with van der Waals surface area (Å²) in [6, 6.07) is 11.6. The molecule has 1 unspecified atom stereocenters. The predicted octanol–water partition coefficient (Wildman–Crippen LogP) is 2.90. The molecular formula is C13H15NO2S. The maximum Gasteiger partial charge on any atom is 0.119 e. The maximum absolute atomic E-state index is 9.38. The van der Waals surface area contributed by atoms with E-state index in [-0.39, 0.29) is 12.6 Å². The quantitative estimate of drug-likeness (QED) is 0.856. The van der Waals surface area contributed by atoms with Crippen LogP contribution in [0, 0.1) is 0 Å². The van der Waals surface area contributed by atoms with Gasteiger partial charge in [-0.1, -0.05) is 6.07 Å². The van der Waals surface area contributed by atoms with Crippen LogP contribution in [0.25, 0.3) is 0 Å². The van der Waals surface area contributed by atoms with Crippen LogP contribution in [-0.4, -0.2) is 18.8 Å². The van der Waals surface area contributed by atoms with Gasteiger partial charge in [0.2, 0.25) is 0 Å². The molecule has 4 heteroatoms. The van der Waals surface area contributed by atoms with Crippen molar-refractivity contribution in [3.05, 3.63) is 46.7 Å². The lowest BCUT2D eigenvalue weighted by molar-refractivity contribution is 0.278. The van der Waals surface area contributed by atoms with Gasteiger partial charge in [-0.3, -0.25) is 0 Å². The minimum atomic E-state index is -0.0524. The number of methoxy groups -OCH3 is 1. The molecule has 0 aliphatic carbocycles. The van der Waals surface area contributed by atoms with E-state index >= 15 is 0 Å². The van der Waals surface area contributed by atoms with E-state index in [1.807, 2.05) is 41.8 Å². The Balaban J connectivity index is 2.07. The van der Waals surface area contributed by atoms with Crippen LogP contribution >= 0.6 is 11.3 Å². The van der Waals surface area contributed by atoms with Gasteiger partial charge < -0.3 is 15.2 Å². The molecule has 0 aliphatic rings. The van der Waals surface area contributed by atoms with Gasteiger partial charge in [-0.25, -0.2) is 0 Å². The van der Waals surface area contributed by atoms with Gasteiger partial charge in [0.05, 0.1) is 19.8 Å². The van der Waals surface area contributed by atoms with Crippen molar-refractivity contribution in [2.45, 2.75) is 6.04 Å². The first kappa shape index (κ1) is 12.0. The number of rotatable bonds is 5. The van der Waals surface area contributed by atoms with Crippen LogP contribution in [0.5, 0.6) is 5.75 Å². The van der Waals surface area contributed by atoms with Crippen LogP contribution < -0.4 is 10.1 Å². The van der Waals surface area contributed by atoms with E-state index in [0.29, 0.717) is 0 Å². The van der Waals surface area contributed by atoms with Gasteiger partial charge >= 0.3 is 0 Å². The van der Waals surface area contributed by atoms with E-state index in [0.717, 1.165) is 16.3 Å². The molecule has 0 saturated heterocycles. The van der Waals surface area contributed by atoms with Crippen LogP contribution in [0.2, 0.25) is 0 Å². The zero-order valence-electron chi connectivity index (χ0n) is 9.59. The first-order chi connectivity index (χ1) is 8.33. The number of benzene rings is 1. The summed E-state index contributed by atoms with van der Waals surface area (Å²) in [5.41, 5.74) is 0.971. The van der Waals surface area contributed by atoms with E-state index in [9.17, 15) is 5.11 Å². The topological polar surface area (TPSA) is 41.5 Å². The van der Waals surface area contributed by atoms with Crippen molar-refractivity contribution in [2.24, 2.45) is 0 Å². The van der Waals surface area contributed by atoms with Crippen molar-refractivity contribution in [3.63, 3.8) is 0 Å². The minimum absolute atomic E-state index is 0.0524. The number of anilines is 1. The van der Waals surface area contributed by atoms with Crippen LogP contribution in [0.3, 0.4) is 0 Å². The lowest BCUT2D eigenvalue weighted by Crippen LogP contribution is -2.13. The van der Waals surface area contributed by atoms with Gasteiger partial charge in [0, 0.05) is 10.6 Å². The highest BCUT2D eigenvalue weighted by Gasteiger charge is 2.10. The molecule has 2 rings (SSSR count). The summed E-state index contributed by atoms with van der Waals surface area (Å²) in [7, 11) is 1.64. The van der Waals surface area contributed by atoms with E-state index in [1.54, 1.807) is 18.4 Å². The zero-order valence-corrected chi connectivity index (χ0v) is 10.4. The van der Waals surface area contributed by atoms with Gasteiger partial charge in [0.15, 0.2) is 0 Å². The highest BCUT2D eigenvalue weighted by Crippen LogP contribution is 2.24. The Morgan fingerprint density at radius 3 is 2.59 bits per heavy atom. The summed E-state index contributed by atoms with van der Waals surface area (Å²) >= 11 is 1.64. The van der Waals surface area contributed by atoms with E-state index < -0.39 is 0 Å². The normalized spacial score (nSPS) is 12.1. The van der Waals surface area contributed by atoms with Crippen LogP contribution in [0.4, 0.5) is 5.69 Å². The van der Waals surface area contributed by atoms with Crippen LogP contribution in [-0.2, 0) is 0 Å². The van der Waals surface area contributed by atoms with Gasteiger partial charge in [0.25, 0.3) is 0 Å². The van der Waals surface area contributed by atoms with Crippen molar-refractivity contribution >= 4 is 17.0 Å². The summed E-state index contributed by atoms with van der Waals surface area (Å²) in [5, 5.41) is 14.7. The van der Waals surface area contributed by atoms with Gasteiger partial charge in [0.1, 0.15) is 5.75 Å². The first-order valence-corrected chi connectivity index (χ1v) is 6.26. The third-order valence-electron chi connectivity index (χ3n) is 2.50. The second-order valence-corrected chi connectivity index (χ2v) is 4.60. The third-order valence-corrected chi connectivity index (χ3v) is 3.49. The van der Waals surface area contributed by atoms with Crippen molar-refractivity contribution in [1.82, 2.24) is 0 Å². The molecule has 1 aromatic heterocycles. The molecule has 0 spiro atoms. The third kappa shape index (κ3) is 2.99. The second kappa shape index (κ2) is 5.70. The molecule has 0 radical (unpaired) electrons. The number of nitrogens with one attached hydrogen (secondary N) is 1. The predicted molar refractivity (Wildman–Crippen MR) is 70.8 cm³/mol. The summed E-state index contributed by atoms with van der Waals surface area (Å²) in [6.45, 7) is 0.0759. The second-order valence-electron chi connectivity index (χ2n) is 3.62. The highest BCUT2D eigenvalue weighted by molar-refractivity contribution is 7.10. The standard InChI is InChI=1S/C13H15NO2S/c1-16-11-6-4-10(5-7-11)14-12(9-15)13-3-2-8-17-13/h2-8,12,14-15H,9H2,1H3. The lowest BCUT2D eigenvalue weighted by Gasteiger charge is -2.16. The van der Waals surface area contributed by atoms with E-state index in [1.165, 1.54) is 0 Å². The molecule has 0 saturated carbocycles. The number of hydrogen-bond acceptors (Lipinski definition) is 4. The Bertz CT molecular complexity index is 439. The SMILES string of the molecule is COc1ccc(NC(CO)c2cccs2)cc1. The first-order valence-electron chi connectivity index (χ1n) is 5.38. The zero-order chi connectivity index (χ0) is 12.1. The van der Waals surface area contributed by atoms with Crippen LogP contribution in [0.1, 0.15) is 10.9 Å². The number of hydrogen-bond donors (Lipinski definition) is 2. The Kier molecular flexibility index (Phi) is 4.01. The Hall–Kier alpha value is -1.52. The van der Waals surface area contributed by atoms with Gasteiger partial charge in [-0.05, 0) is 35.7 Å². The molecule has 1 heterocycles. The molecule has 2 aromatic rings. The molecule has 1 aromatic carbocycles. The molecular weight excluding hydrogens is 234 g/mol. The highest BCUT2D eigenvalue weighted by atomic mass is 32.1. The summed E-state index contributed by atoms with van der Waals surface area (Å²) < 4.78 is 5.10. The molecule has 1 atom stereocenters. The summed E-state index contributed by atoms with van der Waals surface area (Å²) in [5.74, 6) is 0.826. The molecule has 0 fully saturated rings. The lowest BCUT2D eigenvalue weighted by atomic mass is 10.2. The fraction of sp³-hybridized carbons (Fsp3) is 0.231. The molecule has 2 N–H and O–H groups in total. The van der Waals surface area contributed by atoms with Crippen LogP contribution in [0.15, 0.2) is 41.8 Å². The number of aliphatic hydroxyl groups is 1. The van der Waals surface area contributed by atoms with Crippen molar-refractivity contribution in [3.8, 4) is 5.75 Å². The fourth-order valence-corrected chi connectivity index (χ4v) is 2.35. The van der Waals surface area contributed by atoms with Gasteiger partial charge in [-0.15, -0.1) is 11.3 Å². The molecule has 0 amide bonds. The smallest absolute Gasteiger partial charge is 0.119 e. The average Bonchev–Trinajstić information content (AvgIpc) is 2.90. The molecule has 3 nitrogen and oxygen atoms in total. The number of aliphatic hydroxyl groups excluding tert-OH is 1. The largest absolute Gasteiger partial charge is 0.497 e. The number of ether oxygens (including phenoxy) is 1. The monoisotopic (exact) mass is 249 g/mol. The molecule has 0 aliphatic heterocycles. The summed E-state index contributed by atoms with van der Waals surface area (Å²) in [4.78, 5) is 1.13. The Labute approximate surface area is 105 Å². The summed E-state index contributed by atoms with van der Waals surface area (Å²) in [6.07, 6.45) is 0. The van der Waals surface area contributed by atoms with Crippen molar-refractivity contribution in [2.75, 3.05) is 19.0 Å².